The van der Waals surface area contributed by atoms with Crippen molar-refractivity contribution in [2.45, 2.75) is 39.2 Å². The summed E-state index contributed by atoms with van der Waals surface area (Å²) in [7, 11) is 0. The van der Waals surface area contributed by atoms with E-state index in [0.717, 1.165) is 29.4 Å². The van der Waals surface area contributed by atoms with Gasteiger partial charge < -0.3 is 10.6 Å². The summed E-state index contributed by atoms with van der Waals surface area (Å²) >= 11 is 1.61. The van der Waals surface area contributed by atoms with Crippen molar-refractivity contribution >= 4 is 29.7 Å². The van der Waals surface area contributed by atoms with E-state index in [9.17, 15) is 4.79 Å². The fourth-order valence-electron chi connectivity index (χ4n) is 3.46. The number of piperidine rings is 1. The molecule has 26 heavy (non-hydrogen) atoms. The highest BCUT2D eigenvalue weighted by Gasteiger charge is 2.23. The lowest BCUT2D eigenvalue weighted by atomic mass is 9.84. The predicted octanol–water partition coefficient (Wildman–Crippen LogP) is 4.43. The molecule has 142 valence electrons. The van der Waals surface area contributed by atoms with E-state index in [1.165, 1.54) is 12.8 Å². The van der Waals surface area contributed by atoms with Crippen LogP contribution in [-0.4, -0.2) is 24.0 Å². The standard InChI is InChI=1S/C20H27N3OS.ClH/c1-14(16-8-10-21-11-9-16)12-19(24)22-15(2)20-23-18(13-25-20)17-6-4-3-5-7-17;/h3-7,13-16,21H,8-12H2,1-2H3,(H,22,24);1H. The van der Waals surface area contributed by atoms with Crippen LogP contribution in [0.1, 0.15) is 44.2 Å². The highest BCUT2D eigenvalue weighted by Crippen LogP contribution is 2.27. The van der Waals surface area contributed by atoms with Crippen LogP contribution in [0.2, 0.25) is 0 Å². The van der Waals surface area contributed by atoms with E-state index in [-0.39, 0.29) is 24.4 Å². The minimum Gasteiger partial charge on any atom is -0.347 e. The number of thiazole rings is 1. The summed E-state index contributed by atoms with van der Waals surface area (Å²) < 4.78 is 0. The molecule has 2 heterocycles. The van der Waals surface area contributed by atoms with Crippen LogP contribution in [0.15, 0.2) is 35.7 Å². The number of nitrogens with zero attached hydrogens (tertiary/aromatic N) is 1. The van der Waals surface area contributed by atoms with Gasteiger partial charge in [0.2, 0.25) is 5.91 Å². The summed E-state index contributed by atoms with van der Waals surface area (Å²) in [6, 6.07) is 10.1. The molecule has 1 aromatic heterocycles. The Morgan fingerprint density at radius 3 is 2.65 bits per heavy atom. The number of carbonyl (C=O) groups is 1. The van der Waals surface area contributed by atoms with E-state index in [1.54, 1.807) is 11.3 Å². The van der Waals surface area contributed by atoms with Crippen molar-refractivity contribution in [1.82, 2.24) is 15.6 Å². The Morgan fingerprint density at radius 1 is 1.27 bits per heavy atom. The third-order valence-corrected chi connectivity index (χ3v) is 6.06. The first-order valence-electron chi connectivity index (χ1n) is 9.14. The maximum absolute atomic E-state index is 12.4. The van der Waals surface area contributed by atoms with Crippen molar-refractivity contribution < 1.29 is 4.79 Å². The van der Waals surface area contributed by atoms with Gasteiger partial charge in [-0.1, -0.05) is 37.3 Å². The topological polar surface area (TPSA) is 54.0 Å². The van der Waals surface area contributed by atoms with Gasteiger partial charge in [-0.05, 0) is 44.7 Å². The van der Waals surface area contributed by atoms with Crippen LogP contribution in [0.3, 0.4) is 0 Å². The number of amides is 1. The molecule has 1 aromatic carbocycles. The molecule has 2 unspecified atom stereocenters. The normalized spacial score (nSPS) is 17.2. The van der Waals surface area contributed by atoms with Crippen molar-refractivity contribution in [3.05, 3.63) is 40.7 Å². The van der Waals surface area contributed by atoms with Gasteiger partial charge >= 0.3 is 0 Å². The molecule has 1 saturated heterocycles. The highest BCUT2D eigenvalue weighted by atomic mass is 35.5. The first-order chi connectivity index (χ1) is 12.1. The zero-order chi connectivity index (χ0) is 17.6. The average Bonchev–Trinajstić information content (AvgIpc) is 3.13. The summed E-state index contributed by atoms with van der Waals surface area (Å²) in [5.41, 5.74) is 2.09. The Kier molecular flexibility index (Phi) is 8.07. The molecule has 0 bridgehead atoms. The third-order valence-electron chi connectivity index (χ3n) is 5.04. The fraction of sp³-hybridized carbons (Fsp3) is 0.500. The second kappa shape index (κ2) is 10.0. The number of benzene rings is 1. The number of aromatic nitrogens is 1. The molecule has 6 heteroatoms. The van der Waals surface area contributed by atoms with E-state index in [1.807, 2.05) is 25.1 Å². The molecule has 2 atom stereocenters. The van der Waals surface area contributed by atoms with Gasteiger partial charge in [-0.15, -0.1) is 23.7 Å². The Hall–Kier alpha value is -1.43. The van der Waals surface area contributed by atoms with Crippen LogP contribution in [0.25, 0.3) is 11.3 Å². The van der Waals surface area contributed by atoms with Gasteiger partial charge in [0.05, 0.1) is 11.7 Å². The zero-order valence-electron chi connectivity index (χ0n) is 15.4. The average molecular weight is 394 g/mol. The van der Waals surface area contributed by atoms with Crippen LogP contribution in [0, 0.1) is 11.8 Å². The van der Waals surface area contributed by atoms with E-state index >= 15 is 0 Å². The van der Waals surface area contributed by atoms with Crippen LogP contribution < -0.4 is 10.6 Å². The van der Waals surface area contributed by atoms with E-state index < -0.39 is 0 Å². The summed E-state index contributed by atoms with van der Waals surface area (Å²) in [5, 5.41) is 9.53. The minimum absolute atomic E-state index is 0. The number of rotatable bonds is 6. The van der Waals surface area contributed by atoms with Crippen molar-refractivity contribution in [2.75, 3.05) is 13.1 Å². The number of hydrogen-bond donors (Lipinski definition) is 2. The number of halogens is 1. The quantitative estimate of drug-likeness (QED) is 0.763. The largest absolute Gasteiger partial charge is 0.347 e. The lowest BCUT2D eigenvalue weighted by molar-refractivity contribution is -0.123. The van der Waals surface area contributed by atoms with Gasteiger partial charge in [-0.3, -0.25) is 4.79 Å². The highest BCUT2D eigenvalue weighted by molar-refractivity contribution is 7.10. The van der Waals surface area contributed by atoms with Gasteiger partial charge in [0.25, 0.3) is 0 Å². The fourth-order valence-corrected chi connectivity index (χ4v) is 4.30. The molecular formula is C20H28ClN3OS. The molecule has 2 aromatic rings. The second-order valence-electron chi connectivity index (χ2n) is 7.00. The lowest BCUT2D eigenvalue weighted by Crippen LogP contribution is -2.34. The molecule has 0 radical (unpaired) electrons. The number of hydrogen-bond acceptors (Lipinski definition) is 4. The first-order valence-corrected chi connectivity index (χ1v) is 10.0. The maximum atomic E-state index is 12.4. The monoisotopic (exact) mass is 393 g/mol. The Morgan fingerprint density at radius 2 is 1.96 bits per heavy atom. The van der Waals surface area contributed by atoms with Gasteiger partial charge in [-0.2, -0.15) is 0 Å². The van der Waals surface area contributed by atoms with Crippen LogP contribution in [0.5, 0.6) is 0 Å². The summed E-state index contributed by atoms with van der Waals surface area (Å²) in [5.74, 6) is 1.23. The molecule has 1 aliphatic rings. The van der Waals surface area contributed by atoms with Gasteiger partial charge in [0.1, 0.15) is 5.01 Å². The van der Waals surface area contributed by atoms with Gasteiger partial charge in [0.15, 0.2) is 0 Å². The van der Waals surface area contributed by atoms with Crippen molar-refractivity contribution in [1.29, 1.82) is 0 Å². The van der Waals surface area contributed by atoms with E-state index in [4.69, 9.17) is 4.98 Å². The third kappa shape index (κ3) is 5.53. The predicted molar refractivity (Wildman–Crippen MR) is 111 cm³/mol. The molecule has 0 spiro atoms. The molecule has 1 amide bonds. The minimum atomic E-state index is -0.0461. The Bertz CT molecular complexity index is 685. The number of nitrogens with one attached hydrogen (secondary N) is 2. The summed E-state index contributed by atoms with van der Waals surface area (Å²) in [6.45, 7) is 6.38. The molecule has 0 aliphatic carbocycles. The first kappa shape index (κ1) is 20.9. The second-order valence-corrected chi connectivity index (χ2v) is 7.88. The van der Waals surface area contributed by atoms with Crippen LogP contribution in [0.4, 0.5) is 0 Å². The molecule has 0 saturated carbocycles. The number of carbonyl (C=O) groups excluding carboxylic acids is 1. The molecule has 1 aliphatic heterocycles. The Balaban J connectivity index is 0.00000243. The van der Waals surface area contributed by atoms with Gasteiger partial charge in [-0.25, -0.2) is 4.98 Å². The van der Waals surface area contributed by atoms with Crippen LogP contribution in [-0.2, 0) is 4.79 Å². The van der Waals surface area contributed by atoms with Crippen molar-refractivity contribution in [3.8, 4) is 11.3 Å². The molecular weight excluding hydrogens is 366 g/mol. The van der Waals surface area contributed by atoms with Crippen molar-refractivity contribution in [2.24, 2.45) is 11.8 Å². The van der Waals surface area contributed by atoms with Gasteiger partial charge in [0, 0.05) is 17.4 Å². The SMILES string of the molecule is CC(NC(=O)CC(C)C1CCNCC1)c1nc(-c2ccccc2)cs1.Cl. The molecule has 1 fully saturated rings. The van der Waals surface area contributed by atoms with E-state index in [2.05, 4.69) is 35.1 Å². The summed E-state index contributed by atoms with van der Waals surface area (Å²) in [4.78, 5) is 17.1. The maximum Gasteiger partial charge on any atom is 0.220 e. The Labute approximate surface area is 166 Å². The summed E-state index contributed by atoms with van der Waals surface area (Å²) in [6.07, 6.45) is 2.96. The van der Waals surface area contributed by atoms with Crippen molar-refractivity contribution in [3.63, 3.8) is 0 Å². The van der Waals surface area contributed by atoms with E-state index in [0.29, 0.717) is 18.3 Å². The van der Waals surface area contributed by atoms with Crippen LogP contribution >= 0.6 is 23.7 Å². The molecule has 2 N–H and O–H groups in total. The molecule has 4 nitrogen and oxygen atoms in total. The lowest BCUT2D eigenvalue weighted by Gasteiger charge is -2.28. The molecule has 3 rings (SSSR count). The smallest absolute Gasteiger partial charge is 0.220 e. The zero-order valence-corrected chi connectivity index (χ0v) is 17.0.